The number of nitrogens with zero attached hydrogens (tertiary/aromatic N) is 2. The Morgan fingerprint density at radius 3 is 2.47 bits per heavy atom. The third-order valence-electron chi connectivity index (χ3n) is 5.25. The van der Waals surface area contributed by atoms with Gasteiger partial charge in [-0.1, -0.05) is 13.8 Å². The Balaban J connectivity index is 1.86. The molecule has 2 rings (SSSR count). The van der Waals surface area contributed by atoms with Crippen LogP contribution in [0.25, 0.3) is 0 Å². The van der Waals surface area contributed by atoms with Gasteiger partial charge in [-0.05, 0) is 45.6 Å². The van der Waals surface area contributed by atoms with Crippen LogP contribution in [0.4, 0.5) is 0 Å². The predicted octanol–water partition coefficient (Wildman–Crippen LogP) is 2.18. The van der Waals surface area contributed by atoms with E-state index in [2.05, 4.69) is 49.9 Å². The maximum atomic E-state index is 3.73. The van der Waals surface area contributed by atoms with Gasteiger partial charge in [-0.15, -0.1) is 0 Å². The molecule has 0 amide bonds. The fourth-order valence-electron chi connectivity index (χ4n) is 2.99. The molecule has 0 aromatic rings. The largest absolute Gasteiger partial charge is 0.313 e. The van der Waals surface area contributed by atoms with Crippen LogP contribution in [-0.2, 0) is 0 Å². The summed E-state index contributed by atoms with van der Waals surface area (Å²) in [5, 5.41) is 3.73. The molecule has 112 valence electrons. The molecular weight excluding hydrogens is 234 g/mol. The minimum atomic E-state index is 0.316. The lowest BCUT2D eigenvalue weighted by molar-refractivity contribution is 0.0179. The number of hydrogen-bond acceptors (Lipinski definition) is 3. The molecule has 0 radical (unpaired) electrons. The summed E-state index contributed by atoms with van der Waals surface area (Å²) in [4.78, 5) is 5.17. The van der Waals surface area contributed by atoms with Gasteiger partial charge in [0.2, 0.25) is 0 Å². The monoisotopic (exact) mass is 267 g/mol. The van der Waals surface area contributed by atoms with Crippen LogP contribution in [-0.4, -0.2) is 61.2 Å². The van der Waals surface area contributed by atoms with Crippen LogP contribution < -0.4 is 5.32 Å². The van der Waals surface area contributed by atoms with Crippen molar-refractivity contribution in [3.8, 4) is 0 Å². The zero-order chi connectivity index (χ0) is 14.1. The number of likely N-dealkylation sites (N-methyl/N-ethyl adjacent to an activating group) is 1. The van der Waals surface area contributed by atoms with Crippen molar-refractivity contribution in [2.45, 2.75) is 58.5 Å². The van der Waals surface area contributed by atoms with Crippen LogP contribution in [0.1, 0.15) is 47.0 Å². The normalized spacial score (nSPS) is 28.3. The predicted molar refractivity (Wildman–Crippen MR) is 82.6 cm³/mol. The summed E-state index contributed by atoms with van der Waals surface area (Å²) < 4.78 is 0. The molecule has 1 atom stereocenters. The minimum absolute atomic E-state index is 0.316. The van der Waals surface area contributed by atoms with Gasteiger partial charge in [0.25, 0.3) is 0 Å². The molecule has 1 aliphatic heterocycles. The van der Waals surface area contributed by atoms with Gasteiger partial charge in [0, 0.05) is 44.3 Å². The van der Waals surface area contributed by atoms with Crippen LogP contribution in [0.15, 0.2) is 0 Å². The first-order chi connectivity index (χ1) is 8.85. The van der Waals surface area contributed by atoms with Crippen LogP contribution in [0.5, 0.6) is 0 Å². The number of nitrogens with one attached hydrogen (secondary N) is 1. The van der Waals surface area contributed by atoms with Crippen molar-refractivity contribution < 1.29 is 0 Å². The summed E-state index contributed by atoms with van der Waals surface area (Å²) >= 11 is 0. The number of hydrogen-bond donors (Lipinski definition) is 1. The van der Waals surface area contributed by atoms with E-state index >= 15 is 0 Å². The molecule has 1 N–H and O–H groups in total. The van der Waals surface area contributed by atoms with E-state index in [4.69, 9.17) is 0 Å². The van der Waals surface area contributed by atoms with Gasteiger partial charge in [0.1, 0.15) is 0 Å². The standard InChI is InChI=1S/C16H33N3/c1-6-16(4,11-17-14-7-8-14)13-19-10-9-18(5)15(2,3)12-19/h14,17H,6-13H2,1-5H3. The Morgan fingerprint density at radius 1 is 1.26 bits per heavy atom. The van der Waals surface area contributed by atoms with Crippen molar-refractivity contribution in [1.82, 2.24) is 15.1 Å². The number of piperazine rings is 1. The second-order valence-corrected chi connectivity index (χ2v) is 7.76. The first-order valence-corrected chi connectivity index (χ1v) is 8.02. The minimum Gasteiger partial charge on any atom is -0.313 e. The van der Waals surface area contributed by atoms with Crippen molar-refractivity contribution in [1.29, 1.82) is 0 Å². The lowest BCUT2D eigenvalue weighted by Crippen LogP contribution is -2.59. The van der Waals surface area contributed by atoms with Gasteiger partial charge >= 0.3 is 0 Å². The first kappa shape index (κ1) is 15.3. The molecule has 2 aliphatic rings. The smallest absolute Gasteiger partial charge is 0.0277 e. The molecule has 1 unspecified atom stereocenters. The fraction of sp³-hybridized carbons (Fsp3) is 1.00. The molecular formula is C16H33N3. The van der Waals surface area contributed by atoms with Crippen molar-refractivity contribution in [2.24, 2.45) is 5.41 Å². The van der Waals surface area contributed by atoms with Gasteiger partial charge in [-0.25, -0.2) is 0 Å². The van der Waals surface area contributed by atoms with Crippen molar-refractivity contribution >= 4 is 0 Å². The first-order valence-electron chi connectivity index (χ1n) is 8.02. The molecule has 0 bridgehead atoms. The summed E-state index contributed by atoms with van der Waals surface area (Å²) in [5.41, 5.74) is 0.741. The highest BCUT2D eigenvalue weighted by molar-refractivity contribution is 4.92. The molecule has 0 spiro atoms. The maximum Gasteiger partial charge on any atom is 0.0277 e. The van der Waals surface area contributed by atoms with E-state index in [0.29, 0.717) is 11.0 Å². The van der Waals surface area contributed by atoms with E-state index in [1.807, 2.05) is 0 Å². The Labute approximate surface area is 119 Å². The Morgan fingerprint density at radius 2 is 1.95 bits per heavy atom. The zero-order valence-electron chi connectivity index (χ0n) is 13.6. The molecule has 3 heteroatoms. The average Bonchev–Trinajstić information content (AvgIpc) is 3.15. The molecule has 3 nitrogen and oxygen atoms in total. The van der Waals surface area contributed by atoms with E-state index < -0.39 is 0 Å². The highest BCUT2D eigenvalue weighted by atomic mass is 15.3. The summed E-state index contributed by atoms with van der Waals surface area (Å²) in [6.45, 7) is 15.6. The van der Waals surface area contributed by atoms with Crippen molar-refractivity contribution in [3.63, 3.8) is 0 Å². The van der Waals surface area contributed by atoms with E-state index in [0.717, 1.165) is 6.04 Å². The molecule has 0 aromatic heterocycles. The van der Waals surface area contributed by atoms with Gasteiger partial charge < -0.3 is 5.32 Å². The van der Waals surface area contributed by atoms with E-state index in [1.165, 1.54) is 52.0 Å². The van der Waals surface area contributed by atoms with E-state index in [9.17, 15) is 0 Å². The lowest BCUT2D eigenvalue weighted by Gasteiger charge is -2.47. The summed E-state index contributed by atoms with van der Waals surface area (Å²) in [5.74, 6) is 0. The third kappa shape index (κ3) is 4.17. The lowest BCUT2D eigenvalue weighted by atomic mass is 9.85. The van der Waals surface area contributed by atoms with Gasteiger partial charge in [0.15, 0.2) is 0 Å². The molecule has 2 fully saturated rings. The van der Waals surface area contributed by atoms with Crippen LogP contribution in [0.3, 0.4) is 0 Å². The van der Waals surface area contributed by atoms with E-state index in [1.54, 1.807) is 0 Å². The van der Waals surface area contributed by atoms with Crippen LogP contribution in [0.2, 0.25) is 0 Å². The molecule has 1 saturated heterocycles. The zero-order valence-corrected chi connectivity index (χ0v) is 13.6. The van der Waals surface area contributed by atoms with Crippen LogP contribution in [0, 0.1) is 5.41 Å². The Bertz CT molecular complexity index is 298. The highest BCUT2D eigenvalue weighted by Gasteiger charge is 2.35. The summed E-state index contributed by atoms with van der Waals surface area (Å²) in [6, 6.07) is 0.829. The summed E-state index contributed by atoms with van der Waals surface area (Å²) in [7, 11) is 2.25. The molecule has 19 heavy (non-hydrogen) atoms. The second kappa shape index (κ2) is 5.71. The average molecular weight is 267 g/mol. The summed E-state index contributed by atoms with van der Waals surface area (Å²) in [6.07, 6.45) is 4.04. The Hall–Kier alpha value is -0.120. The highest BCUT2D eigenvalue weighted by Crippen LogP contribution is 2.28. The molecule has 1 heterocycles. The quantitative estimate of drug-likeness (QED) is 0.796. The van der Waals surface area contributed by atoms with Gasteiger partial charge in [-0.3, -0.25) is 9.80 Å². The topological polar surface area (TPSA) is 18.5 Å². The molecule has 1 aliphatic carbocycles. The number of rotatable bonds is 6. The Kier molecular flexibility index (Phi) is 4.59. The molecule has 0 aromatic carbocycles. The second-order valence-electron chi connectivity index (χ2n) is 7.76. The van der Waals surface area contributed by atoms with E-state index in [-0.39, 0.29) is 0 Å². The SMILES string of the molecule is CCC(C)(CNC1CC1)CN1CCN(C)C(C)(C)C1. The van der Waals surface area contributed by atoms with Gasteiger partial charge in [0.05, 0.1) is 0 Å². The fourth-order valence-corrected chi connectivity index (χ4v) is 2.99. The van der Waals surface area contributed by atoms with Gasteiger partial charge in [-0.2, -0.15) is 0 Å². The molecule has 1 saturated carbocycles. The van der Waals surface area contributed by atoms with Crippen molar-refractivity contribution in [3.05, 3.63) is 0 Å². The maximum absolute atomic E-state index is 3.73. The van der Waals surface area contributed by atoms with Crippen LogP contribution >= 0.6 is 0 Å². The third-order valence-corrected chi connectivity index (χ3v) is 5.25. The van der Waals surface area contributed by atoms with Crippen molar-refractivity contribution in [2.75, 3.05) is 39.8 Å².